The van der Waals surface area contributed by atoms with Gasteiger partial charge in [-0.2, -0.15) is 0 Å². The number of rotatable bonds is 3. The zero-order valence-corrected chi connectivity index (χ0v) is 10.9. The molecule has 0 aliphatic carbocycles. The monoisotopic (exact) mass is 257 g/mol. The lowest BCUT2D eigenvalue weighted by molar-refractivity contribution is 0.889. The lowest BCUT2D eigenvalue weighted by Gasteiger charge is -2.18. The molecule has 9 N–H and O–H groups in total. The summed E-state index contributed by atoms with van der Waals surface area (Å²) in [5, 5.41) is 3.32. The van der Waals surface area contributed by atoms with Crippen LogP contribution in [0.25, 0.3) is 0 Å². The Kier molecular flexibility index (Phi) is 3.37. The predicted molar refractivity (Wildman–Crippen MR) is 82.6 cm³/mol. The average molecular weight is 257 g/mol. The van der Waals surface area contributed by atoms with E-state index in [1.54, 1.807) is 24.3 Å². The third-order valence-corrected chi connectivity index (χ3v) is 3.05. The lowest BCUT2D eigenvalue weighted by Crippen LogP contribution is -2.10. The quantitative estimate of drug-likeness (QED) is 0.540. The molecule has 2 aromatic rings. The van der Waals surface area contributed by atoms with E-state index in [0.717, 1.165) is 11.3 Å². The molecule has 0 heterocycles. The van der Waals surface area contributed by atoms with Crippen molar-refractivity contribution >= 4 is 28.4 Å². The molecule has 0 saturated carbocycles. The van der Waals surface area contributed by atoms with Gasteiger partial charge in [0.2, 0.25) is 0 Å². The molecule has 1 atom stereocenters. The van der Waals surface area contributed by atoms with Gasteiger partial charge in [-0.05, 0) is 48.9 Å². The van der Waals surface area contributed by atoms with Crippen LogP contribution in [0.3, 0.4) is 0 Å². The number of hydrogen-bond donors (Lipinski definition) is 5. The van der Waals surface area contributed by atoms with Crippen LogP contribution in [0.1, 0.15) is 18.5 Å². The Labute approximate surface area is 112 Å². The maximum Gasteiger partial charge on any atom is 0.0568 e. The van der Waals surface area contributed by atoms with E-state index in [1.807, 2.05) is 19.1 Å². The van der Waals surface area contributed by atoms with E-state index >= 15 is 0 Å². The molecule has 2 rings (SSSR count). The fourth-order valence-corrected chi connectivity index (χ4v) is 1.96. The van der Waals surface area contributed by atoms with E-state index < -0.39 is 0 Å². The van der Waals surface area contributed by atoms with Gasteiger partial charge >= 0.3 is 0 Å². The van der Waals surface area contributed by atoms with Crippen LogP contribution in [0.4, 0.5) is 28.4 Å². The zero-order chi connectivity index (χ0) is 14.0. The maximum atomic E-state index is 5.96. The van der Waals surface area contributed by atoms with Gasteiger partial charge in [0.05, 0.1) is 17.4 Å². The standard InChI is InChI=1S/C14H19N5/c1-8(11-6-9(15)2-4-12(11)16)19-10-3-5-13(17)14(18)7-10/h2-8,19H,15-18H2,1H3. The van der Waals surface area contributed by atoms with Crippen LogP contribution in [0.15, 0.2) is 36.4 Å². The van der Waals surface area contributed by atoms with Gasteiger partial charge in [-0.25, -0.2) is 0 Å². The summed E-state index contributed by atoms with van der Waals surface area (Å²) in [6.07, 6.45) is 0. The Morgan fingerprint density at radius 3 is 2.21 bits per heavy atom. The number of benzene rings is 2. The van der Waals surface area contributed by atoms with E-state index in [0.29, 0.717) is 22.7 Å². The summed E-state index contributed by atoms with van der Waals surface area (Å²) in [5.74, 6) is 0. The fraction of sp³-hybridized carbons (Fsp3) is 0.143. The van der Waals surface area contributed by atoms with Crippen molar-refractivity contribution in [1.82, 2.24) is 0 Å². The highest BCUT2D eigenvalue weighted by atomic mass is 14.9. The van der Waals surface area contributed by atoms with Crippen LogP contribution in [0.2, 0.25) is 0 Å². The Balaban J connectivity index is 2.22. The molecule has 5 nitrogen and oxygen atoms in total. The smallest absolute Gasteiger partial charge is 0.0568 e. The van der Waals surface area contributed by atoms with Crippen LogP contribution in [0, 0.1) is 0 Å². The zero-order valence-electron chi connectivity index (χ0n) is 10.9. The van der Waals surface area contributed by atoms with Crippen LogP contribution in [-0.4, -0.2) is 0 Å². The molecule has 0 fully saturated rings. The van der Waals surface area contributed by atoms with Gasteiger partial charge in [-0.3, -0.25) is 0 Å². The Morgan fingerprint density at radius 2 is 1.53 bits per heavy atom. The van der Waals surface area contributed by atoms with Gasteiger partial charge < -0.3 is 28.3 Å². The molecule has 0 bridgehead atoms. The van der Waals surface area contributed by atoms with Gasteiger partial charge in [0.1, 0.15) is 0 Å². The average Bonchev–Trinajstić information content (AvgIpc) is 2.36. The highest BCUT2D eigenvalue weighted by Gasteiger charge is 2.10. The Morgan fingerprint density at radius 1 is 0.842 bits per heavy atom. The first-order valence-corrected chi connectivity index (χ1v) is 6.04. The minimum Gasteiger partial charge on any atom is -0.399 e. The molecule has 0 spiro atoms. The molecule has 2 aromatic carbocycles. The number of nitrogen functional groups attached to an aromatic ring is 4. The first-order chi connectivity index (χ1) is 8.97. The van der Waals surface area contributed by atoms with Crippen molar-refractivity contribution in [2.24, 2.45) is 0 Å². The molecule has 0 amide bonds. The van der Waals surface area contributed by atoms with Gasteiger partial charge in [0.25, 0.3) is 0 Å². The summed E-state index contributed by atoms with van der Waals surface area (Å²) in [5.41, 5.74) is 27.6. The molecular formula is C14H19N5. The molecule has 5 heteroatoms. The van der Waals surface area contributed by atoms with E-state index in [1.165, 1.54) is 0 Å². The van der Waals surface area contributed by atoms with Crippen LogP contribution in [0.5, 0.6) is 0 Å². The van der Waals surface area contributed by atoms with Crippen LogP contribution in [-0.2, 0) is 0 Å². The molecule has 19 heavy (non-hydrogen) atoms. The maximum absolute atomic E-state index is 5.96. The predicted octanol–water partition coefficient (Wildman–Crippen LogP) is 2.19. The Bertz CT molecular complexity index is 594. The second-order valence-electron chi connectivity index (χ2n) is 4.60. The van der Waals surface area contributed by atoms with E-state index in [9.17, 15) is 0 Å². The van der Waals surface area contributed by atoms with Crippen molar-refractivity contribution in [3.05, 3.63) is 42.0 Å². The molecule has 1 unspecified atom stereocenters. The molecule has 0 aliphatic rings. The molecule has 100 valence electrons. The Hall–Kier alpha value is -2.56. The van der Waals surface area contributed by atoms with Gasteiger partial charge in [-0.1, -0.05) is 0 Å². The molecular weight excluding hydrogens is 238 g/mol. The lowest BCUT2D eigenvalue weighted by atomic mass is 10.0. The topological polar surface area (TPSA) is 116 Å². The van der Waals surface area contributed by atoms with Crippen molar-refractivity contribution in [2.75, 3.05) is 28.3 Å². The van der Waals surface area contributed by atoms with Gasteiger partial charge in [0, 0.05) is 17.1 Å². The summed E-state index contributed by atoms with van der Waals surface area (Å²) < 4.78 is 0. The van der Waals surface area contributed by atoms with Gasteiger partial charge in [-0.15, -0.1) is 0 Å². The number of anilines is 5. The highest BCUT2D eigenvalue weighted by molar-refractivity contribution is 5.70. The van der Waals surface area contributed by atoms with Crippen molar-refractivity contribution in [3.63, 3.8) is 0 Å². The number of nitrogens with two attached hydrogens (primary N) is 4. The van der Waals surface area contributed by atoms with E-state index in [4.69, 9.17) is 22.9 Å². The number of hydrogen-bond acceptors (Lipinski definition) is 5. The third kappa shape index (κ3) is 2.82. The van der Waals surface area contributed by atoms with Gasteiger partial charge in [0.15, 0.2) is 0 Å². The summed E-state index contributed by atoms with van der Waals surface area (Å²) >= 11 is 0. The molecule has 0 saturated heterocycles. The first kappa shape index (κ1) is 12.9. The van der Waals surface area contributed by atoms with Crippen LogP contribution < -0.4 is 28.3 Å². The van der Waals surface area contributed by atoms with Crippen LogP contribution >= 0.6 is 0 Å². The third-order valence-electron chi connectivity index (χ3n) is 3.05. The second kappa shape index (κ2) is 4.97. The summed E-state index contributed by atoms with van der Waals surface area (Å²) in [6.45, 7) is 2.01. The van der Waals surface area contributed by atoms with Crippen molar-refractivity contribution in [2.45, 2.75) is 13.0 Å². The SMILES string of the molecule is CC(Nc1ccc(N)c(N)c1)c1cc(N)ccc1N. The molecule has 0 radical (unpaired) electrons. The first-order valence-electron chi connectivity index (χ1n) is 6.04. The van der Waals surface area contributed by atoms with Crippen molar-refractivity contribution < 1.29 is 0 Å². The summed E-state index contributed by atoms with van der Waals surface area (Å²) in [4.78, 5) is 0. The van der Waals surface area contributed by atoms with Crippen molar-refractivity contribution in [1.29, 1.82) is 0 Å². The van der Waals surface area contributed by atoms with E-state index in [-0.39, 0.29) is 6.04 Å². The minimum absolute atomic E-state index is 0.0199. The normalized spacial score (nSPS) is 12.1. The van der Waals surface area contributed by atoms with Crippen molar-refractivity contribution in [3.8, 4) is 0 Å². The second-order valence-corrected chi connectivity index (χ2v) is 4.60. The van der Waals surface area contributed by atoms with E-state index in [2.05, 4.69) is 5.32 Å². The summed E-state index contributed by atoms with van der Waals surface area (Å²) in [7, 11) is 0. The molecule has 0 aromatic heterocycles. The summed E-state index contributed by atoms with van der Waals surface area (Å²) in [6, 6.07) is 10.9. The highest BCUT2D eigenvalue weighted by Crippen LogP contribution is 2.27. The fourth-order valence-electron chi connectivity index (χ4n) is 1.96. The number of nitrogens with one attached hydrogen (secondary N) is 1. The minimum atomic E-state index is 0.0199. The molecule has 0 aliphatic heterocycles. The largest absolute Gasteiger partial charge is 0.399 e.